The first-order valence-electron chi connectivity index (χ1n) is 6.61. The fourth-order valence-electron chi connectivity index (χ4n) is 3.80. The summed E-state index contributed by atoms with van der Waals surface area (Å²) in [5.74, 6) is 1.39. The van der Waals surface area contributed by atoms with Crippen molar-refractivity contribution in [2.24, 2.45) is 11.8 Å². The Balaban J connectivity index is 1.79. The number of carbonyl (C=O) groups excluding carboxylic acids is 1. The van der Waals surface area contributed by atoms with Gasteiger partial charge in [0, 0.05) is 17.1 Å². The molecule has 0 N–H and O–H groups in total. The van der Waals surface area contributed by atoms with Gasteiger partial charge in [0.25, 0.3) is 0 Å². The zero-order valence-electron chi connectivity index (χ0n) is 10.1. The molecule has 1 saturated heterocycles. The Labute approximate surface area is 102 Å². The van der Waals surface area contributed by atoms with Crippen LogP contribution < -0.4 is 4.90 Å². The van der Waals surface area contributed by atoms with Gasteiger partial charge in [-0.05, 0) is 50.2 Å². The van der Waals surface area contributed by atoms with Crippen molar-refractivity contribution < 1.29 is 4.79 Å². The Morgan fingerprint density at radius 3 is 2.82 bits per heavy atom. The van der Waals surface area contributed by atoms with Crippen LogP contribution in [0.15, 0.2) is 24.3 Å². The van der Waals surface area contributed by atoms with E-state index in [1.807, 2.05) is 6.07 Å². The van der Waals surface area contributed by atoms with Gasteiger partial charge in [-0.1, -0.05) is 18.2 Å². The molecule has 0 radical (unpaired) electrons. The molecule has 4 rings (SSSR count). The number of amides is 1. The molecule has 1 aliphatic carbocycles. The van der Waals surface area contributed by atoms with E-state index in [-0.39, 0.29) is 5.54 Å². The lowest BCUT2D eigenvalue weighted by Gasteiger charge is -2.27. The van der Waals surface area contributed by atoms with Crippen LogP contribution in [0, 0.1) is 11.8 Å². The maximum absolute atomic E-state index is 12.6. The maximum Gasteiger partial charge on any atom is 0.230 e. The van der Waals surface area contributed by atoms with Crippen LogP contribution in [-0.2, 0) is 11.2 Å². The van der Waals surface area contributed by atoms with Gasteiger partial charge in [0.1, 0.15) is 0 Å². The monoisotopic (exact) mass is 227 g/mol. The molecule has 1 aromatic carbocycles. The molecular formula is C15H17NO. The molecule has 2 heterocycles. The number of rotatable bonds is 1. The molecular weight excluding hydrogens is 210 g/mol. The predicted octanol–water partition coefficient (Wildman–Crippen LogP) is 2.76. The first-order valence-corrected chi connectivity index (χ1v) is 6.61. The Kier molecular flexibility index (Phi) is 1.67. The van der Waals surface area contributed by atoms with Crippen molar-refractivity contribution >= 4 is 11.6 Å². The van der Waals surface area contributed by atoms with Crippen LogP contribution in [0.5, 0.6) is 0 Å². The smallest absolute Gasteiger partial charge is 0.230 e. The van der Waals surface area contributed by atoms with Gasteiger partial charge in [-0.2, -0.15) is 0 Å². The van der Waals surface area contributed by atoms with E-state index in [4.69, 9.17) is 0 Å². The zero-order valence-corrected chi connectivity index (χ0v) is 10.1. The number of anilines is 1. The molecule has 88 valence electrons. The Morgan fingerprint density at radius 1 is 1.29 bits per heavy atom. The van der Waals surface area contributed by atoms with E-state index in [1.54, 1.807) is 0 Å². The second kappa shape index (κ2) is 2.92. The quantitative estimate of drug-likeness (QED) is 0.722. The number of hydrogen-bond donors (Lipinski definition) is 0. The van der Waals surface area contributed by atoms with Crippen LogP contribution in [0.1, 0.15) is 31.7 Å². The maximum atomic E-state index is 12.6. The summed E-state index contributed by atoms with van der Waals surface area (Å²) in [5.41, 5.74) is 2.58. The molecule has 17 heavy (non-hydrogen) atoms. The lowest BCUT2D eigenvalue weighted by atomic mass is 9.88. The largest absolute Gasteiger partial charge is 0.306 e. The molecule has 1 aromatic rings. The molecule has 0 spiro atoms. The molecule has 2 nitrogen and oxygen atoms in total. The van der Waals surface area contributed by atoms with Gasteiger partial charge in [0.05, 0.1) is 0 Å². The van der Waals surface area contributed by atoms with Gasteiger partial charge in [-0.3, -0.25) is 4.79 Å². The van der Waals surface area contributed by atoms with E-state index in [0.717, 1.165) is 12.8 Å². The van der Waals surface area contributed by atoms with Crippen LogP contribution in [0.25, 0.3) is 0 Å². The van der Waals surface area contributed by atoms with E-state index in [1.165, 1.54) is 24.1 Å². The number of fused-ring (bicyclic) bond motifs is 3. The van der Waals surface area contributed by atoms with Gasteiger partial charge in [-0.25, -0.2) is 0 Å². The first-order chi connectivity index (χ1) is 8.19. The number of nitrogens with zero attached hydrogens (tertiary/aromatic N) is 1. The van der Waals surface area contributed by atoms with Gasteiger partial charge < -0.3 is 4.90 Å². The third-order valence-electron chi connectivity index (χ3n) is 4.73. The van der Waals surface area contributed by atoms with Crippen molar-refractivity contribution in [3.63, 3.8) is 0 Å². The fraction of sp³-hybridized carbons (Fsp3) is 0.533. The normalized spacial score (nSPS) is 35.0. The van der Waals surface area contributed by atoms with Crippen molar-refractivity contribution in [1.82, 2.24) is 0 Å². The lowest BCUT2D eigenvalue weighted by molar-refractivity contribution is -0.121. The van der Waals surface area contributed by atoms with E-state index in [9.17, 15) is 4.79 Å². The van der Waals surface area contributed by atoms with Gasteiger partial charge >= 0.3 is 0 Å². The minimum absolute atomic E-state index is 0.0635. The first kappa shape index (κ1) is 9.69. The van der Waals surface area contributed by atoms with Crippen LogP contribution in [0.2, 0.25) is 0 Å². The predicted molar refractivity (Wildman–Crippen MR) is 66.9 cm³/mol. The van der Waals surface area contributed by atoms with E-state index in [0.29, 0.717) is 17.7 Å². The summed E-state index contributed by atoms with van der Waals surface area (Å²) in [6, 6.07) is 8.39. The highest BCUT2D eigenvalue weighted by Crippen LogP contribution is 2.53. The van der Waals surface area contributed by atoms with Gasteiger partial charge in [0.15, 0.2) is 0 Å². The van der Waals surface area contributed by atoms with Crippen LogP contribution >= 0.6 is 0 Å². The van der Waals surface area contributed by atoms with Crippen molar-refractivity contribution in [3.8, 4) is 0 Å². The average Bonchev–Trinajstić information content (AvgIpc) is 3.04. The summed E-state index contributed by atoms with van der Waals surface area (Å²) in [6.45, 7) is 2.26. The van der Waals surface area contributed by atoms with Crippen LogP contribution in [0.4, 0.5) is 5.69 Å². The molecule has 0 bridgehead atoms. The molecule has 0 aromatic heterocycles. The Morgan fingerprint density at radius 2 is 2.06 bits per heavy atom. The second-order valence-electron chi connectivity index (χ2n) is 6.12. The number of carbonyl (C=O) groups is 1. The summed E-state index contributed by atoms with van der Waals surface area (Å²) in [4.78, 5) is 14.7. The summed E-state index contributed by atoms with van der Waals surface area (Å²) in [6.07, 6.45) is 4.63. The van der Waals surface area contributed by atoms with E-state index in [2.05, 4.69) is 30.0 Å². The van der Waals surface area contributed by atoms with Crippen molar-refractivity contribution in [2.45, 2.75) is 38.1 Å². The van der Waals surface area contributed by atoms with E-state index >= 15 is 0 Å². The third kappa shape index (κ3) is 1.18. The molecule has 2 fully saturated rings. The third-order valence-corrected chi connectivity index (χ3v) is 4.73. The average molecular weight is 227 g/mol. The van der Waals surface area contributed by atoms with E-state index < -0.39 is 0 Å². The number of para-hydroxylation sites is 1. The highest BCUT2D eigenvalue weighted by molar-refractivity contribution is 6.01. The minimum atomic E-state index is 0.0635. The van der Waals surface area contributed by atoms with Crippen LogP contribution in [-0.4, -0.2) is 11.4 Å². The van der Waals surface area contributed by atoms with Gasteiger partial charge in [-0.15, -0.1) is 0 Å². The lowest BCUT2D eigenvalue weighted by Crippen LogP contribution is -2.40. The molecule has 3 aliphatic rings. The topological polar surface area (TPSA) is 20.3 Å². The SMILES string of the molecule is CC12Cc3ccccc3N1C(=O)C(C1CC1)C2. The van der Waals surface area contributed by atoms with Gasteiger partial charge in [0.2, 0.25) is 5.91 Å². The summed E-state index contributed by atoms with van der Waals surface area (Å²) >= 11 is 0. The summed E-state index contributed by atoms with van der Waals surface area (Å²) in [7, 11) is 0. The fourth-order valence-corrected chi connectivity index (χ4v) is 3.80. The zero-order chi connectivity index (χ0) is 11.6. The summed E-state index contributed by atoms with van der Waals surface area (Å²) < 4.78 is 0. The molecule has 2 unspecified atom stereocenters. The second-order valence-corrected chi connectivity index (χ2v) is 6.12. The highest BCUT2D eigenvalue weighted by Gasteiger charge is 2.56. The van der Waals surface area contributed by atoms with Crippen molar-refractivity contribution in [1.29, 1.82) is 0 Å². The molecule has 2 heteroatoms. The van der Waals surface area contributed by atoms with Crippen molar-refractivity contribution in [2.75, 3.05) is 4.90 Å². The summed E-state index contributed by atoms with van der Waals surface area (Å²) in [5, 5.41) is 0. The standard InChI is InChI=1S/C15H17NO/c1-15-8-11-4-2-3-5-13(11)16(15)14(17)12(9-15)10-6-7-10/h2-5,10,12H,6-9H2,1H3. The Bertz CT molecular complexity index is 505. The Hall–Kier alpha value is -1.31. The van der Waals surface area contributed by atoms with Crippen molar-refractivity contribution in [3.05, 3.63) is 29.8 Å². The van der Waals surface area contributed by atoms with Crippen LogP contribution in [0.3, 0.4) is 0 Å². The molecule has 2 atom stereocenters. The molecule has 1 saturated carbocycles. The number of benzene rings is 1. The molecule has 2 aliphatic heterocycles. The molecule has 1 amide bonds. The number of hydrogen-bond acceptors (Lipinski definition) is 1. The highest BCUT2D eigenvalue weighted by atomic mass is 16.2. The minimum Gasteiger partial charge on any atom is -0.306 e.